The first kappa shape index (κ1) is 7.14. The number of carbonyl (C=O) groups is 1. The Morgan fingerprint density at radius 1 is 1.80 bits per heavy atom. The number of nitrogens with two attached hydrogens (primary N) is 1. The number of primary amides is 1. The third-order valence-corrected chi connectivity index (χ3v) is 1.76. The Balaban J connectivity index is 2.88. The summed E-state index contributed by atoms with van der Waals surface area (Å²) in [5, 5.41) is 0.289. The Hall–Kier alpha value is -0.970. The van der Waals surface area contributed by atoms with Crippen molar-refractivity contribution < 1.29 is 4.79 Å². The second kappa shape index (κ2) is 2.74. The third-order valence-electron chi connectivity index (χ3n) is 0.995. The highest BCUT2D eigenvalue weighted by Gasteiger charge is 2.06. The fourth-order valence-corrected chi connectivity index (χ4v) is 1.10. The summed E-state index contributed by atoms with van der Waals surface area (Å²) in [7, 11) is 0. The highest BCUT2D eigenvalue weighted by Crippen LogP contribution is 2.02. The van der Waals surface area contributed by atoms with E-state index in [1.807, 2.05) is 6.92 Å². The minimum absolute atomic E-state index is 0.289. The fourth-order valence-electron chi connectivity index (χ4n) is 0.498. The molecule has 4 nitrogen and oxygen atoms in total. The van der Waals surface area contributed by atoms with Gasteiger partial charge in [0.25, 0.3) is 5.91 Å². The van der Waals surface area contributed by atoms with Crippen LogP contribution in [-0.2, 0) is 6.42 Å². The van der Waals surface area contributed by atoms with Crippen LogP contribution in [0.5, 0.6) is 0 Å². The van der Waals surface area contributed by atoms with Gasteiger partial charge in [0, 0.05) is 6.42 Å². The predicted molar refractivity (Wildman–Crippen MR) is 37.8 cm³/mol. The molecule has 10 heavy (non-hydrogen) atoms. The van der Waals surface area contributed by atoms with Gasteiger partial charge in [0.2, 0.25) is 5.01 Å². The number of hydrogen-bond acceptors (Lipinski definition) is 4. The van der Waals surface area contributed by atoms with Gasteiger partial charge in [-0.2, -0.15) is 4.37 Å². The molecular weight excluding hydrogens is 150 g/mol. The number of amides is 1. The van der Waals surface area contributed by atoms with E-state index in [-0.39, 0.29) is 5.01 Å². The van der Waals surface area contributed by atoms with Gasteiger partial charge in [-0.3, -0.25) is 4.79 Å². The average molecular weight is 157 g/mol. The lowest BCUT2D eigenvalue weighted by Gasteiger charge is -1.80. The van der Waals surface area contributed by atoms with Crippen molar-refractivity contribution in [2.24, 2.45) is 5.73 Å². The van der Waals surface area contributed by atoms with Gasteiger partial charge in [0.05, 0.1) is 0 Å². The normalized spacial score (nSPS) is 9.70. The fraction of sp³-hybridized carbons (Fsp3) is 0.400. The predicted octanol–water partition coefficient (Wildman–Crippen LogP) is 0.199. The van der Waals surface area contributed by atoms with Gasteiger partial charge in [-0.1, -0.05) is 6.92 Å². The van der Waals surface area contributed by atoms with Crippen molar-refractivity contribution in [3.63, 3.8) is 0 Å². The molecule has 0 aliphatic heterocycles. The summed E-state index contributed by atoms with van der Waals surface area (Å²) in [4.78, 5) is 14.3. The zero-order chi connectivity index (χ0) is 7.56. The highest BCUT2D eigenvalue weighted by molar-refractivity contribution is 7.07. The van der Waals surface area contributed by atoms with Crippen LogP contribution in [-0.4, -0.2) is 15.3 Å². The van der Waals surface area contributed by atoms with Crippen LogP contribution in [0.3, 0.4) is 0 Å². The number of aromatic nitrogens is 2. The molecular formula is C5H7N3OS. The molecule has 2 N–H and O–H groups in total. The SMILES string of the molecule is CCc1nsc(C(N)=O)n1. The molecule has 0 unspecified atom stereocenters. The van der Waals surface area contributed by atoms with E-state index in [2.05, 4.69) is 9.36 Å². The quantitative estimate of drug-likeness (QED) is 0.666. The molecule has 0 spiro atoms. The van der Waals surface area contributed by atoms with Crippen LogP contribution in [0.25, 0.3) is 0 Å². The summed E-state index contributed by atoms with van der Waals surface area (Å²) in [6.07, 6.45) is 0.740. The molecule has 1 rings (SSSR count). The Bertz CT molecular complexity index is 245. The Morgan fingerprint density at radius 2 is 2.50 bits per heavy atom. The monoisotopic (exact) mass is 157 g/mol. The highest BCUT2D eigenvalue weighted by atomic mass is 32.1. The minimum Gasteiger partial charge on any atom is -0.363 e. The van der Waals surface area contributed by atoms with Gasteiger partial charge >= 0.3 is 0 Å². The molecule has 0 aliphatic carbocycles. The summed E-state index contributed by atoms with van der Waals surface area (Å²) < 4.78 is 3.89. The van der Waals surface area contributed by atoms with Crippen LogP contribution in [0.15, 0.2) is 0 Å². The van der Waals surface area contributed by atoms with Gasteiger partial charge in [-0.15, -0.1) is 0 Å². The van der Waals surface area contributed by atoms with Crippen molar-refractivity contribution in [1.29, 1.82) is 0 Å². The van der Waals surface area contributed by atoms with Crippen LogP contribution in [0, 0.1) is 0 Å². The van der Waals surface area contributed by atoms with Crippen molar-refractivity contribution >= 4 is 17.4 Å². The molecule has 1 heterocycles. The molecule has 1 aromatic rings. The van der Waals surface area contributed by atoms with Crippen molar-refractivity contribution in [1.82, 2.24) is 9.36 Å². The maximum atomic E-state index is 10.5. The van der Waals surface area contributed by atoms with E-state index < -0.39 is 5.91 Å². The van der Waals surface area contributed by atoms with E-state index in [1.54, 1.807) is 0 Å². The van der Waals surface area contributed by atoms with E-state index >= 15 is 0 Å². The lowest BCUT2D eigenvalue weighted by Crippen LogP contribution is -2.10. The second-order valence-corrected chi connectivity index (χ2v) is 2.49. The number of hydrogen-bond donors (Lipinski definition) is 1. The first-order valence-electron chi connectivity index (χ1n) is 2.86. The average Bonchev–Trinajstić information content (AvgIpc) is 2.34. The van der Waals surface area contributed by atoms with Crippen molar-refractivity contribution in [2.45, 2.75) is 13.3 Å². The van der Waals surface area contributed by atoms with Gasteiger partial charge < -0.3 is 5.73 Å². The molecule has 1 amide bonds. The van der Waals surface area contributed by atoms with Gasteiger partial charge in [-0.05, 0) is 11.5 Å². The number of nitrogens with zero attached hydrogens (tertiary/aromatic N) is 2. The molecule has 0 radical (unpaired) electrons. The number of aryl methyl sites for hydroxylation is 1. The van der Waals surface area contributed by atoms with Gasteiger partial charge in [0.1, 0.15) is 5.82 Å². The molecule has 54 valence electrons. The standard InChI is InChI=1S/C5H7N3OS/c1-2-3-7-5(4(6)9)10-8-3/h2H2,1H3,(H2,6,9). The lowest BCUT2D eigenvalue weighted by atomic mass is 10.5. The zero-order valence-electron chi connectivity index (χ0n) is 5.50. The number of carbonyl (C=O) groups excluding carboxylic acids is 1. The first-order chi connectivity index (χ1) is 4.74. The topological polar surface area (TPSA) is 68.9 Å². The van der Waals surface area contributed by atoms with E-state index in [1.165, 1.54) is 0 Å². The number of rotatable bonds is 2. The van der Waals surface area contributed by atoms with Gasteiger partial charge in [0.15, 0.2) is 0 Å². The Morgan fingerprint density at radius 3 is 2.80 bits per heavy atom. The van der Waals surface area contributed by atoms with Crippen LogP contribution >= 0.6 is 11.5 Å². The molecule has 0 bridgehead atoms. The van der Waals surface area contributed by atoms with Crippen molar-refractivity contribution in [3.05, 3.63) is 10.8 Å². The summed E-state index contributed by atoms with van der Waals surface area (Å²) in [6, 6.07) is 0. The molecule has 0 aromatic carbocycles. The Kier molecular flexibility index (Phi) is 1.96. The van der Waals surface area contributed by atoms with Crippen molar-refractivity contribution in [2.75, 3.05) is 0 Å². The van der Waals surface area contributed by atoms with E-state index in [0.29, 0.717) is 5.82 Å². The molecule has 0 aliphatic rings. The molecule has 0 saturated carbocycles. The molecule has 0 saturated heterocycles. The van der Waals surface area contributed by atoms with Gasteiger partial charge in [-0.25, -0.2) is 4.98 Å². The van der Waals surface area contributed by atoms with Crippen LogP contribution in [0.4, 0.5) is 0 Å². The summed E-state index contributed by atoms with van der Waals surface area (Å²) in [5.41, 5.74) is 4.95. The van der Waals surface area contributed by atoms with Crippen LogP contribution in [0.1, 0.15) is 22.6 Å². The smallest absolute Gasteiger partial charge is 0.279 e. The second-order valence-electron chi connectivity index (χ2n) is 1.73. The van der Waals surface area contributed by atoms with Crippen LogP contribution < -0.4 is 5.73 Å². The minimum atomic E-state index is -0.503. The lowest BCUT2D eigenvalue weighted by molar-refractivity contribution is 0.1000. The largest absolute Gasteiger partial charge is 0.363 e. The zero-order valence-corrected chi connectivity index (χ0v) is 6.31. The maximum absolute atomic E-state index is 10.5. The third kappa shape index (κ3) is 1.30. The van der Waals surface area contributed by atoms with E-state index in [4.69, 9.17) is 5.73 Å². The Labute approximate surface area is 62.2 Å². The maximum Gasteiger partial charge on any atom is 0.279 e. The first-order valence-corrected chi connectivity index (χ1v) is 3.63. The van der Waals surface area contributed by atoms with Crippen molar-refractivity contribution in [3.8, 4) is 0 Å². The molecule has 5 heteroatoms. The summed E-state index contributed by atoms with van der Waals surface area (Å²) in [6.45, 7) is 1.92. The summed E-state index contributed by atoms with van der Waals surface area (Å²) in [5.74, 6) is 0.177. The van der Waals surface area contributed by atoms with Crippen LogP contribution in [0.2, 0.25) is 0 Å². The molecule has 0 fully saturated rings. The molecule has 0 atom stereocenters. The van der Waals surface area contributed by atoms with E-state index in [0.717, 1.165) is 18.0 Å². The summed E-state index contributed by atoms with van der Waals surface area (Å²) >= 11 is 1.05. The van der Waals surface area contributed by atoms with E-state index in [9.17, 15) is 4.79 Å². The molecule has 1 aromatic heterocycles.